The molecule has 2 amide bonds. The Hall–Kier alpha value is -3.28. The quantitative estimate of drug-likeness (QED) is 0.748. The molecule has 0 spiro atoms. The lowest BCUT2D eigenvalue weighted by Gasteiger charge is -2.28. The van der Waals surface area contributed by atoms with Crippen molar-refractivity contribution in [3.05, 3.63) is 83.7 Å². The number of rotatable bonds is 6. The molecule has 3 rings (SSSR count). The van der Waals surface area contributed by atoms with Gasteiger partial charge in [-0.15, -0.1) is 0 Å². The molecule has 6 nitrogen and oxygen atoms in total. The van der Waals surface area contributed by atoms with E-state index in [9.17, 15) is 9.59 Å². The molecule has 1 aromatic carbocycles. The smallest absolute Gasteiger partial charge is 0.290 e. The molecule has 2 heterocycles. The van der Waals surface area contributed by atoms with Crippen LogP contribution >= 0.6 is 0 Å². The van der Waals surface area contributed by atoms with E-state index in [-0.39, 0.29) is 12.3 Å². The lowest BCUT2D eigenvalue weighted by molar-refractivity contribution is -0.123. The maximum Gasteiger partial charge on any atom is 0.290 e. The second-order valence-electron chi connectivity index (χ2n) is 5.71. The maximum absolute atomic E-state index is 12.9. The van der Waals surface area contributed by atoms with Crippen LogP contribution < -0.4 is 5.73 Å². The molecule has 0 saturated heterocycles. The summed E-state index contributed by atoms with van der Waals surface area (Å²) in [6, 6.07) is 13.0. The summed E-state index contributed by atoms with van der Waals surface area (Å²) in [6.07, 6.45) is 2.92. The van der Waals surface area contributed by atoms with Gasteiger partial charge in [-0.3, -0.25) is 9.59 Å². The van der Waals surface area contributed by atoms with Gasteiger partial charge >= 0.3 is 0 Å². The Morgan fingerprint density at radius 1 is 1.04 bits per heavy atom. The number of aryl methyl sites for hydroxylation is 1. The standard InChI is InChI=1S/C19H18N2O4/c1-13-6-8-14(9-7-13)17(18(20)22)21(12-15-4-2-10-24-15)19(23)16-5-3-11-25-16/h2-11,17H,12H2,1H3,(H2,20,22). The highest BCUT2D eigenvalue weighted by Gasteiger charge is 2.32. The van der Waals surface area contributed by atoms with Crippen LogP contribution in [-0.2, 0) is 11.3 Å². The van der Waals surface area contributed by atoms with Gasteiger partial charge in [0.25, 0.3) is 5.91 Å². The van der Waals surface area contributed by atoms with Gasteiger partial charge in [0.05, 0.1) is 19.1 Å². The minimum Gasteiger partial charge on any atom is -0.467 e. The Morgan fingerprint density at radius 3 is 2.28 bits per heavy atom. The summed E-state index contributed by atoms with van der Waals surface area (Å²) < 4.78 is 10.5. The molecule has 0 aliphatic carbocycles. The molecule has 2 N–H and O–H groups in total. The van der Waals surface area contributed by atoms with Gasteiger partial charge in [-0.05, 0) is 36.8 Å². The predicted molar refractivity (Wildman–Crippen MR) is 90.4 cm³/mol. The Labute approximate surface area is 144 Å². The first-order valence-electron chi connectivity index (χ1n) is 7.79. The van der Waals surface area contributed by atoms with Crippen molar-refractivity contribution in [3.8, 4) is 0 Å². The third kappa shape index (κ3) is 3.63. The van der Waals surface area contributed by atoms with Crippen molar-refractivity contribution >= 4 is 11.8 Å². The number of primary amides is 1. The zero-order valence-corrected chi connectivity index (χ0v) is 13.7. The highest BCUT2D eigenvalue weighted by Crippen LogP contribution is 2.26. The van der Waals surface area contributed by atoms with Crippen LogP contribution in [0.5, 0.6) is 0 Å². The van der Waals surface area contributed by atoms with E-state index in [2.05, 4.69) is 0 Å². The lowest BCUT2D eigenvalue weighted by atomic mass is 10.0. The first-order valence-corrected chi connectivity index (χ1v) is 7.79. The zero-order valence-electron chi connectivity index (χ0n) is 13.7. The molecular weight excluding hydrogens is 320 g/mol. The minimum atomic E-state index is -0.941. The summed E-state index contributed by atoms with van der Waals surface area (Å²) in [5.41, 5.74) is 7.31. The molecule has 0 aliphatic rings. The van der Waals surface area contributed by atoms with Crippen molar-refractivity contribution in [3.63, 3.8) is 0 Å². The number of nitrogens with zero attached hydrogens (tertiary/aromatic N) is 1. The summed E-state index contributed by atoms with van der Waals surface area (Å²) in [6.45, 7) is 2.03. The summed E-state index contributed by atoms with van der Waals surface area (Å²) in [5, 5.41) is 0. The van der Waals surface area contributed by atoms with E-state index in [0.29, 0.717) is 11.3 Å². The maximum atomic E-state index is 12.9. The molecule has 6 heteroatoms. The summed E-state index contributed by atoms with van der Waals surface area (Å²) in [7, 11) is 0. The molecule has 0 bridgehead atoms. The monoisotopic (exact) mass is 338 g/mol. The molecule has 1 atom stereocenters. The number of furan rings is 2. The van der Waals surface area contributed by atoms with E-state index in [1.807, 2.05) is 19.1 Å². The van der Waals surface area contributed by atoms with Gasteiger partial charge < -0.3 is 19.5 Å². The molecule has 3 aromatic rings. The molecule has 0 saturated carbocycles. The molecule has 25 heavy (non-hydrogen) atoms. The van der Waals surface area contributed by atoms with Crippen molar-refractivity contribution in [1.29, 1.82) is 0 Å². The van der Waals surface area contributed by atoms with Crippen LogP contribution in [0.4, 0.5) is 0 Å². The average molecular weight is 338 g/mol. The fraction of sp³-hybridized carbons (Fsp3) is 0.158. The molecule has 0 radical (unpaired) electrons. The van der Waals surface area contributed by atoms with Gasteiger partial charge in [0.15, 0.2) is 5.76 Å². The van der Waals surface area contributed by atoms with Gasteiger partial charge in [0.2, 0.25) is 5.91 Å². The van der Waals surface area contributed by atoms with Crippen LogP contribution in [0.2, 0.25) is 0 Å². The van der Waals surface area contributed by atoms with Crippen molar-refractivity contribution in [2.75, 3.05) is 0 Å². The lowest BCUT2D eigenvalue weighted by Crippen LogP contribution is -2.41. The first kappa shape index (κ1) is 16.6. The summed E-state index contributed by atoms with van der Waals surface area (Å²) in [5.74, 6) is -0.399. The van der Waals surface area contributed by atoms with Crippen molar-refractivity contribution in [2.24, 2.45) is 5.73 Å². The highest BCUT2D eigenvalue weighted by molar-refractivity contribution is 5.95. The van der Waals surface area contributed by atoms with E-state index in [1.165, 1.54) is 17.4 Å². The van der Waals surface area contributed by atoms with Gasteiger partial charge in [-0.2, -0.15) is 0 Å². The van der Waals surface area contributed by atoms with Crippen LogP contribution in [0.15, 0.2) is 69.9 Å². The number of hydrogen-bond acceptors (Lipinski definition) is 4. The fourth-order valence-corrected chi connectivity index (χ4v) is 2.64. The van der Waals surface area contributed by atoms with Gasteiger partial charge in [-0.1, -0.05) is 29.8 Å². The highest BCUT2D eigenvalue weighted by atomic mass is 16.3. The Kier molecular flexibility index (Phi) is 4.70. The van der Waals surface area contributed by atoms with Gasteiger partial charge in [0, 0.05) is 0 Å². The third-order valence-corrected chi connectivity index (χ3v) is 3.87. The predicted octanol–water partition coefficient (Wildman–Crippen LogP) is 3.05. The van der Waals surface area contributed by atoms with Gasteiger partial charge in [0.1, 0.15) is 11.8 Å². The number of carbonyl (C=O) groups is 2. The molecule has 2 aromatic heterocycles. The van der Waals surface area contributed by atoms with Crippen molar-refractivity contribution in [2.45, 2.75) is 19.5 Å². The molecule has 128 valence electrons. The van der Waals surface area contributed by atoms with Crippen LogP contribution in [0.3, 0.4) is 0 Å². The molecular formula is C19H18N2O4. The number of carbonyl (C=O) groups excluding carboxylic acids is 2. The Balaban J connectivity index is 2.01. The number of hydrogen-bond donors (Lipinski definition) is 1. The molecule has 0 fully saturated rings. The van der Waals surface area contributed by atoms with E-state index in [1.54, 1.807) is 36.4 Å². The third-order valence-electron chi connectivity index (χ3n) is 3.87. The summed E-state index contributed by atoms with van der Waals surface area (Å²) in [4.78, 5) is 26.4. The average Bonchev–Trinajstić information content (AvgIpc) is 3.28. The second kappa shape index (κ2) is 7.09. The van der Waals surface area contributed by atoms with Crippen LogP contribution in [0.25, 0.3) is 0 Å². The van der Waals surface area contributed by atoms with Crippen molar-refractivity contribution < 1.29 is 18.4 Å². The van der Waals surface area contributed by atoms with Crippen LogP contribution in [-0.4, -0.2) is 16.7 Å². The topological polar surface area (TPSA) is 89.7 Å². The normalized spacial score (nSPS) is 11.9. The van der Waals surface area contributed by atoms with E-state index in [4.69, 9.17) is 14.6 Å². The Morgan fingerprint density at radius 2 is 1.72 bits per heavy atom. The first-order chi connectivity index (χ1) is 12.1. The molecule has 0 aliphatic heterocycles. The molecule has 1 unspecified atom stereocenters. The van der Waals surface area contributed by atoms with E-state index < -0.39 is 17.9 Å². The minimum absolute atomic E-state index is 0.0913. The largest absolute Gasteiger partial charge is 0.467 e. The van der Waals surface area contributed by atoms with Crippen LogP contribution in [0.1, 0.15) is 33.5 Å². The number of benzene rings is 1. The van der Waals surface area contributed by atoms with Gasteiger partial charge in [-0.25, -0.2) is 0 Å². The Bertz CT molecular complexity index is 836. The zero-order chi connectivity index (χ0) is 17.8. The summed E-state index contributed by atoms with van der Waals surface area (Å²) >= 11 is 0. The fourth-order valence-electron chi connectivity index (χ4n) is 2.64. The van der Waals surface area contributed by atoms with E-state index >= 15 is 0 Å². The number of nitrogens with two attached hydrogens (primary N) is 1. The van der Waals surface area contributed by atoms with Crippen LogP contribution in [0, 0.1) is 6.92 Å². The van der Waals surface area contributed by atoms with E-state index in [0.717, 1.165) is 5.56 Å². The second-order valence-corrected chi connectivity index (χ2v) is 5.71. The SMILES string of the molecule is Cc1ccc(C(C(N)=O)N(Cc2ccco2)C(=O)c2ccco2)cc1. The number of amides is 2. The van der Waals surface area contributed by atoms with Crippen molar-refractivity contribution in [1.82, 2.24) is 4.90 Å².